The number of nitrogens with zero attached hydrogens (tertiary/aromatic N) is 1. The van der Waals surface area contributed by atoms with Crippen LogP contribution in [0, 0.1) is 0 Å². The molecule has 0 heterocycles. The van der Waals surface area contributed by atoms with Crippen LogP contribution in [-0.2, 0) is 23.9 Å². The molecule has 1 rings (SSSR count). The summed E-state index contributed by atoms with van der Waals surface area (Å²) in [6.07, 6.45) is 3.14. The predicted octanol–water partition coefficient (Wildman–Crippen LogP) is 4.07. The molecule has 2 atom stereocenters. The van der Waals surface area contributed by atoms with Crippen LogP contribution in [0.3, 0.4) is 0 Å². The van der Waals surface area contributed by atoms with E-state index in [0.717, 1.165) is 6.42 Å². The number of ether oxygens (including phenoxy) is 2. The number of carbonyl (C=O) groups is 4. The maximum Gasteiger partial charge on any atom is 0.408 e. The highest BCUT2D eigenvalue weighted by molar-refractivity contribution is 7.98. The number of thioether (sulfide) groups is 1. The number of carbonyl (C=O) groups excluding carboxylic acids is 4. The zero-order chi connectivity index (χ0) is 27.8. The first kappa shape index (κ1) is 32.3. The number of rotatable bonds is 15. The van der Waals surface area contributed by atoms with Gasteiger partial charge < -0.3 is 25.0 Å². The molecule has 0 aromatic heterocycles. The number of hydrogen-bond acceptors (Lipinski definition) is 7. The van der Waals surface area contributed by atoms with Gasteiger partial charge in [0, 0.05) is 13.1 Å². The Morgan fingerprint density at radius 2 is 1.76 bits per heavy atom. The van der Waals surface area contributed by atoms with E-state index in [1.54, 1.807) is 63.7 Å². The van der Waals surface area contributed by atoms with Crippen LogP contribution in [0.2, 0.25) is 0 Å². The predicted molar refractivity (Wildman–Crippen MR) is 146 cm³/mol. The number of amides is 3. The van der Waals surface area contributed by atoms with Crippen LogP contribution >= 0.6 is 11.8 Å². The smallest absolute Gasteiger partial charge is 0.408 e. The van der Waals surface area contributed by atoms with Crippen LogP contribution in [0.25, 0.3) is 0 Å². The largest absolute Gasteiger partial charge is 0.466 e. The Labute approximate surface area is 225 Å². The second kappa shape index (κ2) is 16.9. The first-order valence-electron chi connectivity index (χ1n) is 12.8. The fourth-order valence-corrected chi connectivity index (χ4v) is 4.04. The lowest BCUT2D eigenvalue weighted by Crippen LogP contribution is -2.53. The molecular weight excluding hydrogens is 494 g/mol. The lowest BCUT2D eigenvalue weighted by molar-refractivity contribution is -0.144. The summed E-state index contributed by atoms with van der Waals surface area (Å²) in [6, 6.07) is 7.24. The van der Waals surface area contributed by atoms with Gasteiger partial charge in [0.05, 0.1) is 13.0 Å². The number of esters is 1. The zero-order valence-electron chi connectivity index (χ0n) is 23.0. The first-order valence-corrected chi connectivity index (χ1v) is 14.2. The van der Waals surface area contributed by atoms with E-state index in [4.69, 9.17) is 9.47 Å². The van der Waals surface area contributed by atoms with Gasteiger partial charge >= 0.3 is 12.1 Å². The molecule has 0 saturated carbocycles. The van der Waals surface area contributed by atoms with E-state index < -0.39 is 35.7 Å². The van der Waals surface area contributed by atoms with Crippen LogP contribution in [0.1, 0.15) is 71.9 Å². The van der Waals surface area contributed by atoms with Crippen molar-refractivity contribution in [1.82, 2.24) is 15.5 Å². The molecule has 0 spiro atoms. The van der Waals surface area contributed by atoms with E-state index in [-0.39, 0.29) is 25.5 Å². The minimum Gasteiger partial charge on any atom is -0.466 e. The van der Waals surface area contributed by atoms with Gasteiger partial charge in [-0.25, -0.2) is 4.79 Å². The fraction of sp³-hybridized carbons (Fsp3) is 0.630. The number of alkyl carbamates (subject to hydrolysis) is 1. The fourth-order valence-electron chi connectivity index (χ4n) is 3.56. The summed E-state index contributed by atoms with van der Waals surface area (Å²) in [5, 5.41) is 5.51. The monoisotopic (exact) mass is 537 g/mol. The summed E-state index contributed by atoms with van der Waals surface area (Å²) in [5.41, 5.74) is -0.0775. The third-order valence-corrected chi connectivity index (χ3v) is 5.89. The number of hydrogen-bond donors (Lipinski definition) is 2. The van der Waals surface area contributed by atoms with Gasteiger partial charge in [0.15, 0.2) is 0 Å². The van der Waals surface area contributed by atoms with E-state index in [2.05, 4.69) is 10.6 Å². The lowest BCUT2D eigenvalue weighted by Gasteiger charge is -2.34. The van der Waals surface area contributed by atoms with Gasteiger partial charge in [-0.2, -0.15) is 11.8 Å². The average Bonchev–Trinajstić information content (AvgIpc) is 2.83. The maximum absolute atomic E-state index is 13.9. The Hall–Kier alpha value is -2.75. The van der Waals surface area contributed by atoms with Crippen molar-refractivity contribution >= 4 is 35.6 Å². The van der Waals surface area contributed by atoms with Crippen LogP contribution in [0.15, 0.2) is 30.3 Å². The van der Waals surface area contributed by atoms with E-state index in [9.17, 15) is 19.2 Å². The molecule has 0 fully saturated rings. The Bertz CT molecular complexity index is 859. The molecule has 0 radical (unpaired) electrons. The van der Waals surface area contributed by atoms with Crippen LogP contribution in [-0.4, -0.2) is 72.1 Å². The Balaban J connectivity index is 3.28. The molecule has 208 valence electrons. The summed E-state index contributed by atoms with van der Waals surface area (Å²) in [4.78, 5) is 53.2. The lowest BCUT2D eigenvalue weighted by atomic mass is 10.0. The summed E-state index contributed by atoms with van der Waals surface area (Å²) in [7, 11) is 0. The van der Waals surface area contributed by atoms with Crippen molar-refractivity contribution in [2.45, 2.75) is 78.0 Å². The van der Waals surface area contributed by atoms with Gasteiger partial charge in [-0.3, -0.25) is 14.4 Å². The standard InChI is InChI=1S/C27H43N3O6S/c1-7-9-18-30(25(33)21(16-19-37-6)29-26(34)36-27(3,4)5)23(20-13-11-10-12-14-20)24(32)28-17-15-22(31)35-8-2/h10-14,21,23H,7-9,15-19H2,1-6H3,(H,28,32)(H,29,34). The van der Waals surface area contributed by atoms with Gasteiger partial charge in [0.25, 0.3) is 0 Å². The van der Waals surface area contributed by atoms with Gasteiger partial charge in [-0.15, -0.1) is 0 Å². The van der Waals surface area contributed by atoms with Crippen molar-refractivity contribution in [2.24, 2.45) is 0 Å². The molecular formula is C27H43N3O6S. The Morgan fingerprint density at radius 3 is 2.32 bits per heavy atom. The normalized spacial score (nSPS) is 12.7. The van der Waals surface area contributed by atoms with Crippen LogP contribution in [0.4, 0.5) is 4.79 Å². The Morgan fingerprint density at radius 1 is 1.08 bits per heavy atom. The van der Waals surface area contributed by atoms with Gasteiger partial charge in [0.2, 0.25) is 11.8 Å². The molecule has 0 aliphatic heterocycles. The molecule has 0 saturated heterocycles. The minimum absolute atomic E-state index is 0.0283. The molecule has 3 amide bonds. The van der Waals surface area contributed by atoms with Gasteiger partial charge in [-0.05, 0) is 58.1 Å². The third-order valence-electron chi connectivity index (χ3n) is 5.24. The average molecular weight is 538 g/mol. The highest BCUT2D eigenvalue weighted by atomic mass is 32.2. The highest BCUT2D eigenvalue weighted by Crippen LogP contribution is 2.24. The molecule has 0 aliphatic carbocycles. The number of nitrogens with one attached hydrogen (secondary N) is 2. The molecule has 0 bridgehead atoms. The molecule has 2 unspecified atom stereocenters. The zero-order valence-corrected chi connectivity index (χ0v) is 23.8. The SMILES string of the molecule is CCCCN(C(=O)C(CCSC)NC(=O)OC(C)(C)C)C(C(=O)NCCC(=O)OCC)c1ccccc1. The maximum atomic E-state index is 13.9. The van der Waals surface area contributed by atoms with Crippen molar-refractivity contribution < 1.29 is 28.7 Å². The van der Waals surface area contributed by atoms with Crippen LogP contribution < -0.4 is 10.6 Å². The van der Waals surface area contributed by atoms with Gasteiger partial charge in [-0.1, -0.05) is 43.7 Å². The molecule has 10 heteroatoms. The minimum atomic E-state index is -0.931. The summed E-state index contributed by atoms with van der Waals surface area (Å²) in [5.74, 6) is -0.532. The van der Waals surface area contributed by atoms with Crippen molar-refractivity contribution in [3.05, 3.63) is 35.9 Å². The van der Waals surface area contributed by atoms with Crippen molar-refractivity contribution in [2.75, 3.05) is 31.7 Å². The van der Waals surface area contributed by atoms with Crippen LogP contribution in [0.5, 0.6) is 0 Å². The quantitative estimate of drug-likeness (QED) is 0.324. The summed E-state index contributed by atoms with van der Waals surface area (Å²) >= 11 is 1.56. The number of unbranched alkanes of at least 4 members (excludes halogenated alkanes) is 1. The molecule has 9 nitrogen and oxygen atoms in total. The second-order valence-corrected chi connectivity index (χ2v) is 10.5. The first-order chi connectivity index (χ1) is 17.5. The van der Waals surface area contributed by atoms with E-state index in [1.807, 2.05) is 19.2 Å². The second-order valence-electron chi connectivity index (χ2n) is 9.52. The molecule has 1 aromatic carbocycles. The summed E-state index contributed by atoms with van der Waals surface area (Å²) in [6.45, 7) is 9.66. The molecule has 37 heavy (non-hydrogen) atoms. The van der Waals surface area contributed by atoms with E-state index in [1.165, 1.54) is 4.90 Å². The van der Waals surface area contributed by atoms with E-state index in [0.29, 0.717) is 30.7 Å². The number of benzene rings is 1. The van der Waals surface area contributed by atoms with Gasteiger partial charge in [0.1, 0.15) is 17.7 Å². The molecule has 0 aliphatic rings. The third kappa shape index (κ3) is 12.4. The van der Waals surface area contributed by atoms with Crippen molar-refractivity contribution in [3.63, 3.8) is 0 Å². The molecule has 1 aromatic rings. The van der Waals surface area contributed by atoms with Crippen molar-refractivity contribution in [3.8, 4) is 0 Å². The molecule has 2 N–H and O–H groups in total. The van der Waals surface area contributed by atoms with E-state index >= 15 is 0 Å². The Kier molecular flexibility index (Phi) is 14.7. The topological polar surface area (TPSA) is 114 Å². The van der Waals surface area contributed by atoms with Crippen molar-refractivity contribution in [1.29, 1.82) is 0 Å². The highest BCUT2D eigenvalue weighted by Gasteiger charge is 2.35. The summed E-state index contributed by atoms with van der Waals surface area (Å²) < 4.78 is 10.3.